The lowest BCUT2D eigenvalue weighted by atomic mass is 9.89. The van der Waals surface area contributed by atoms with Crippen LogP contribution in [0.25, 0.3) is 0 Å². The summed E-state index contributed by atoms with van der Waals surface area (Å²) in [6, 6.07) is 2.95. The number of benzene rings is 1. The predicted octanol–water partition coefficient (Wildman–Crippen LogP) is 0.850. The van der Waals surface area contributed by atoms with E-state index in [0.717, 1.165) is 31.0 Å². The number of nitrogens with zero attached hydrogens (tertiary/aromatic N) is 1. The molecule has 126 valence electrons. The molecule has 0 atom stereocenters. The maximum Gasteiger partial charge on any atom is 0.256 e. The number of piperidine rings is 1. The number of amides is 1. The molecule has 6 nitrogen and oxygen atoms in total. The number of hydrogen-bond acceptors (Lipinski definition) is 4. The lowest BCUT2D eigenvalue weighted by molar-refractivity contribution is 0.0338. The van der Waals surface area contributed by atoms with Crippen LogP contribution in [-0.2, 0) is 10.0 Å². The minimum absolute atomic E-state index is 0.173. The van der Waals surface area contributed by atoms with Crippen LogP contribution in [0.1, 0.15) is 36.0 Å². The topological polar surface area (TPSA) is 101 Å². The lowest BCUT2D eigenvalue weighted by Gasteiger charge is -2.34. The van der Waals surface area contributed by atoms with Gasteiger partial charge in [-0.05, 0) is 49.8 Å². The first-order chi connectivity index (χ1) is 10.7. The summed E-state index contributed by atoms with van der Waals surface area (Å²) >= 11 is 0. The molecule has 0 radical (unpaired) electrons. The summed E-state index contributed by atoms with van der Waals surface area (Å²) in [6.07, 6.45) is 2.94. The van der Waals surface area contributed by atoms with Gasteiger partial charge in [-0.2, -0.15) is 0 Å². The Balaban J connectivity index is 1.76. The summed E-state index contributed by atoms with van der Waals surface area (Å²) in [7, 11) is -4.00. The Morgan fingerprint density at radius 2 is 1.91 bits per heavy atom. The van der Waals surface area contributed by atoms with Crippen LogP contribution >= 0.6 is 0 Å². The van der Waals surface area contributed by atoms with E-state index in [1.807, 2.05) is 0 Å². The molecule has 0 bridgehead atoms. The largest absolute Gasteiger partial charge is 0.390 e. The zero-order valence-corrected chi connectivity index (χ0v) is 13.4. The van der Waals surface area contributed by atoms with E-state index in [4.69, 9.17) is 5.14 Å². The van der Waals surface area contributed by atoms with Gasteiger partial charge in [0, 0.05) is 13.1 Å². The van der Waals surface area contributed by atoms with E-state index in [2.05, 4.69) is 0 Å². The van der Waals surface area contributed by atoms with Gasteiger partial charge in [0.15, 0.2) is 0 Å². The summed E-state index contributed by atoms with van der Waals surface area (Å²) in [4.78, 5) is 13.7. The van der Waals surface area contributed by atoms with Crippen molar-refractivity contribution in [2.45, 2.75) is 36.2 Å². The number of likely N-dealkylation sites (tertiary alicyclic amines) is 1. The van der Waals surface area contributed by atoms with Crippen molar-refractivity contribution in [3.05, 3.63) is 29.6 Å². The molecule has 2 aliphatic rings. The van der Waals surface area contributed by atoms with Crippen molar-refractivity contribution in [3.63, 3.8) is 0 Å². The quantitative estimate of drug-likeness (QED) is 0.850. The van der Waals surface area contributed by atoms with Gasteiger partial charge in [-0.15, -0.1) is 0 Å². The fraction of sp³-hybridized carbons (Fsp3) is 0.533. The summed E-state index contributed by atoms with van der Waals surface area (Å²) in [6.45, 7) is 0.843. The fourth-order valence-corrected chi connectivity index (χ4v) is 3.71. The molecular weight excluding hydrogens is 323 g/mol. The normalized spacial score (nSPS) is 21.3. The number of carbonyl (C=O) groups is 1. The van der Waals surface area contributed by atoms with Gasteiger partial charge in [0.25, 0.3) is 5.91 Å². The second-order valence-electron chi connectivity index (χ2n) is 6.36. The summed E-state index contributed by atoms with van der Waals surface area (Å²) in [5.41, 5.74) is -0.867. The Morgan fingerprint density at radius 3 is 2.43 bits per heavy atom. The molecule has 1 aromatic carbocycles. The van der Waals surface area contributed by atoms with Crippen LogP contribution in [0, 0.1) is 11.7 Å². The second kappa shape index (κ2) is 5.54. The molecule has 3 rings (SSSR count). The fourth-order valence-electron chi connectivity index (χ4n) is 3.17. The van der Waals surface area contributed by atoms with E-state index >= 15 is 0 Å². The van der Waals surface area contributed by atoms with Gasteiger partial charge in [0.05, 0.1) is 16.1 Å². The molecule has 2 fully saturated rings. The van der Waals surface area contributed by atoms with Crippen LogP contribution in [-0.4, -0.2) is 43.0 Å². The number of primary sulfonamides is 1. The van der Waals surface area contributed by atoms with Crippen molar-refractivity contribution in [3.8, 4) is 0 Å². The number of sulfonamides is 1. The van der Waals surface area contributed by atoms with Crippen LogP contribution < -0.4 is 5.14 Å². The molecule has 1 aliphatic carbocycles. The highest BCUT2D eigenvalue weighted by Crippen LogP contribution is 2.46. The SMILES string of the molecule is NS(=O)(=O)c1ccc(F)c(C(=O)N2CCC(C3(O)CC3)CC2)c1. The van der Waals surface area contributed by atoms with Crippen LogP contribution in [0.5, 0.6) is 0 Å². The second-order valence-corrected chi connectivity index (χ2v) is 7.92. The highest BCUT2D eigenvalue weighted by Gasteiger charge is 2.48. The molecular formula is C15H19FN2O4S. The first-order valence-electron chi connectivity index (χ1n) is 7.55. The predicted molar refractivity (Wildman–Crippen MR) is 80.6 cm³/mol. The summed E-state index contributed by atoms with van der Waals surface area (Å²) in [5.74, 6) is -1.15. The van der Waals surface area contributed by atoms with Gasteiger partial charge in [0.1, 0.15) is 5.82 Å². The number of carbonyl (C=O) groups excluding carboxylic acids is 1. The standard InChI is InChI=1S/C15H19FN2O4S/c16-13-2-1-11(23(17,21)22)9-12(13)14(19)18-7-3-10(4-8-18)15(20)5-6-15/h1-2,9-10,20H,3-8H2,(H2,17,21,22). The van der Waals surface area contributed by atoms with E-state index in [1.165, 1.54) is 4.90 Å². The molecule has 1 amide bonds. The average molecular weight is 342 g/mol. The first-order valence-corrected chi connectivity index (χ1v) is 9.09. The van der Waals surface area contributed by atoms with Crippen molar-refractivity contribution in [1.29, 1.82) is 0 Å². The lowest BCUT2D eigenvalue weighted by Crippen LogP contribution is -2.42. The molecule has 23 heavy (non-hydrogen) atoms. The zero-order chi connectivity index (χ0) is 16.8. The van der Waals surface area contributed by atoms with Crippen LogP contribution in [0.15, 0.2) is 23.1 Å². The molecule has 1 saturated carbocycles. The smallest absolute Gasteiger partial charge is 0.256 e. The molecule has 1 heterocycles. The molecule has 1 aliphatic heterocycles. The van der Waals surface area contributed by atoms with Gasteiger partial charge >= 0.3 is 0 Å². The number of hydrogen-bond donors (Lipinski definition) is 2. The minimum atomic E-state index is -4.00. The third kappa shape index (κ3) is 3.24. The van der Waals surface area contributed by atoms with E-state index in [9.17, 15) is 22.7 Å². The van der Waals surface area contributed by atoms with Gasteiger partial charge in [-0.3, -0.25) is 4.79 Å². The van der Waals surface area contributed by atoms with Gasteiger partial charge in [-0.1, -0.05) is 0 Å². The maximum atomic E-state index is 13.9. The van der Waals surface area contributed by atoms with Gasteiger partial charge in [0.2, 0.25) is 10.0 Å². The van der Waals surface area contributed by atoms with Gasteiger partial charge in [-0.25, -0.2) is 17.9 Å². The Labute approximate surface area is 134 Å². The molecule has 3 N–H and O–H groups in total. The third-order valence-corrected chi connectivity index (χ3v) is 5.71. The molecule has 1 saturated heterocycles. The van der Waals surface area contributed by atoms with E-state index in [1.54, 1.807) is 0 Å². The van der Waals surface area contributed by atoms with Crippen molar-refractivity contribution < 1.29 is 22.7 Å². The Hall–Kier alpha value is -1.51. The average Bonchev–Trinajstić information content (AvgIpc) is 3.25. The molecule has 1 aromatic rings. The number of aliphatic hydroxyl groups is 1. The van der Waals surface area contributed by atoms with Crippen molar-refractivity contribution in [1.82, 2.24) is 4.90 Å². The summed E-state index contributed by atoms with van der Waals surface area (Å²) < 4.78 is 36.6. The summed E-state index contributed by atoms with van der Waals surface area (Å²) in [5, 5.41) is 15.1. The van der Waals surface area contributed by atoms with E-state index < -0.39 is 27.3 Å². The van der Waals surface area contributed by atoms with E-state index in [-0.39, 0.29) is 16.4 Å². The molecule has 8 heteroatoms. The molecule has 0 spiro atoms. The number of nitrogens with two attached hydrogens (primary N) is 1. The van der Waals surface area contributed by atoms with Crippen molar-refractivity contribution in [2.24, 2.45) is 11.1 Å². The Bertz CT molecular complexity index is 738. The highest BCUT2D eigenvalue weighted by molar-refractivity contribution is 7.89. The Morgan fingerprint density at radius 1 is 1.30 bits per heavy atom. The number of rotatable bonds is 3. The third-order valence-electron chi connectivity index (χ3n) is 4.80. The van der Waals surface area contributed by atoms with Crippen molar-refractivity contribution >= 4 is 15.9 Å². The molecule has 0 aromatic heterocycles. The highest BCUT2D eigenvalue weighted by atomic mass is 32.2. The van der Waals surface area contributed by atoms with Crippen LogP contribution in [0.2, 0.25) is 0 Å². The van der Waals surface area contributed by atoms with Crippen LogP contribution in [0.4, 0.5) is 4.39 Å². The minimum Gasteiger partial charge on any atom is -0.390 e. The van der Waals surface area contributed by atoms with Gasteiger partial charge < -0.3 is 10.0 Å². The van der Waals surface area contributed by atoms with Crippen molar-refractivity contribution in [2.75, 3.05) is 13.1 Å². The number of halogens is 1. The zero-order valence-electron chi connectivity index (χ0n) is 12.5. The Kier molecular flexibility index (Phi) is 3.94. The monoisotopic (exact) mass is 342 g/mol. The van der Waals surface area contributed by atoms with Crippen LogP contribution in [0.3, 0.4) is 0 Å². The maximum absolute atomic E-state index is 13.9. The first kappa shape index (κ1) is 16.4. The van der Waals surface area contributed by atoms with E-state index in [0.29, 0.717) is 25.9 Å². The molecule has 0 unspecified atom stereocenters.